The molecule has 3 rings (SSSR count). The zero-order valence-electron chi connectivity index (χ0n) is 13.4. The average molecular weight is 306 g/mol. The maximum atomic E-state index is 11.9. The average Bonchev–Trinajstić information content (AvgIpc) is 3.01. The van der Waals surface area contributed by atoms with E-state index < -0.39 is 0 Å². The molecule has 23 heavy (non-hydrogen) atoms. The lowest BCUT2D eigenvalue weighted by molar-refractivity contribution is 0.101. The maximum Gasteiger partial charge on any atom is 0.182 e. The molecule has 0 atom stereocenters. The summed E-state index contributed by atoms with van der Waals surface area (Å²) in [6, 6.07) is 17.7. The number of nitrogens with zero attached hydrogens (tertiary/aromatic N) is 4. The molecule has 0 aliphatic heterocycles. The third-order valence-electron chi connectivity index (χ3n) is 3.66. The van der Waals surface area contributed by atoms with E-state index in [-0.39, 0.29) is 5.78 Å². The summed E-state index contributed by atoms with van der Waals surface area (Å²) in [7, 11) is 3.99. The molecule has 2 aromatic carbocycles. The fourth-order valence-electron chi connectivity index (χ4n) is 2.45. The number of carbonyl (C=O) groups is 1. The molecule has 0 aliphatic rings. The molecule has 0 N–H and O–H groups in total. The number of ketones is 1. The van der Waals surface area contributed by atoms with Crippen molar-refractivity contribution >= 4 is 11.5 Å². The zero-order valence-corrected chi connectivity index (χ0v) is 13.4. The molecule has 0 unspecified atom stereocenters. The number of carbonyl (C=O) groups excluding carboxylic acids is 1. The normalized spacial score (nSPS) is 10.6. The summed E-state index contributed by atoms with van der Waals surface area (Å²) in [5, 5.41) is 8.27. The quantitative estimate of drug-likeness (QED) is 0.695. The summed E-state index contributed by atoms with van der Waals surface area (Å²) >= 11 is 0. The number of rotatable bonds is 4. The van der Waals surface area contributed by atoms with Crippen LogP contribution in [0, 0.1) is 0 Å². The number of hydrogen-bond donors (Lipinski definition) is 0. The van der Waals surface area contributed by atoms with Gasteiger partial charge in [-0.05, 0) is 24.3 Å². The molecule has 5 nitrogen and oxygen atoms in total. The molecular formula is C18H18N4O. The molecule has 0 aliphatic carbocycles. The van der Waals surface area contributed by atoms with E-state index in [1.165, 1.54) is 6.92 Å². The number of Topliss-reactive ketones (excluding diaryl/α,β-unsaturated/α-hetero) is 1. The molecule has 0 radical (unpaired) electrons. The molecule has 0 fully saturated rings. The van der Waals surface area contributed by atoms with Crippen LogP contribution in [0.5, 0.6) is 0 Å². The predicted octanol–water partition coefficient (Wildman–Crippen LogP) is 3.20. The Bertz CT molecular complexity index is 820. The third kappa shape index (κ3) is 2.85. The van der Waals surface area contributed by atoms with Gasteiger partial charge in [0, 0.05) is 32.3 Å². The number of hydrogen-bond acceptors (Lipinski definition) is 4. The summed E-state index contributed by atoms with van der Waals surface area (Å²) in [5.41, 5.74) is 3.99. The third-order valence-corrected chi connectivity index (χ3v) is 3.66. The standard InChI is InChI=1S/C18H18N4O/c1-13(23)17-18(14-7-5-4-6-8-14)22(20-19-17)16-11-9-15(10-12-16)21(2)3/h4-12H,1-3H3. The van der Waals surface area contributed by atoms with Gasteiger partial charge in [0.05, 0.1) is 5.69 Å². The van der Waals surface area contributed by atoms with Gasteiger partial charge in [-0.15, -0.1) is 5.10 Å². The van der Waals surface area contributed by atoms with E-state index >= 15 is 0 Å². The highest BCUT2D eigenvalue weighted by Gasteiger charge is 2.19. The first kappa shape index (κ1) is 15.0. The van der Waals surface area contributed by atoms with Gasteiger partial charge in [0.2, 0.25) is 0 Å². The first-order chi connectivity index (χ1) is 11.1. The molecule has 1 aromatic heterocycles. The Morgan fingerprint density at radius 1 is 1.00 bits per heavy atom. The maximum absolute atomic E-state index is 11.9. The van der Waals surface area contributed by atoms with Crippen molar-refractivity contribution in [2.45, 2.75) is 6.92 Å². The van der Waals surface area contributed by atoms with Crippen LogP contribution in [-0.4, -0.2) is 34.9 Å². The molecule has 5 heteroatoms. The van der Waals surface area contributed by atoms with Crippen LogP contribution >= 0.6 is 0 Å². The van der Waals surface area contributed by atoms with Gasteiger partial charge in [-0.3, -0.25) is 4.79 Å². The Morgan fingerprint density at radius 2 is 1.65 bits per heavy atom. The highest BCUT2D eigenvalue weighted by molar-refractivity contribution is 5.98. The first-order valence-electron chi connectivity index (χ1n) is 7.38. The largest absolute Gasteiger partial charge is 0.378 e. The van der Waals surface area contributed by atoms with Crippen LogP contribution in [0.2, 0.25) is 0 Å². The molecule has 0 spiro atoms. The van der Waals surface area contributed by atoms with E-state index in [2.05, 4.69) is 10.3 Å². The topological polar surface area (TPSA) is 51.0 Å². The van der Waals surface area contributed by atoms with Gasteiger partial charge < -0.3 is 4.90 Å². The zero-order chi connectivity index (χ0) is 16.4. The van der Waals surface area contributed by atoms with Gasteiger partial charge in [0.15, 0.2) is 11.5 Å². The Labute approximate surface area is 135 Å². The highest BCUT2D eigenvalue weighted by atomic mass is 16.1. The van der Waals surface area contributed by atoms with Crippen molar-refractivity contribution in [1.29, 1.82) is 0 Å². The lowest BCUT2D eigenvalue weighted by Crippen LogP contribution is -2.08. The highest BCUT2D eigenvalue weighted by Crippen LogP contribution is 2.26. The molecule has 116 valence electrons. The second-order valence-corrected chi connectivity index (χ2v) is 5.53. The van der Waals surface area contributed by atoms with Crippen LogP contribution in [-0.2, 0) is 0 Å². The van der Waals surface area contributed by atoms with Gasteiger partial charge in [-0.2, -0.15) is 0 Å². The monoisotopic (exact) mass is 306 g/mol. The van der Waals surface area contributed by atoms with Crippen LogP contribution in [0.15, 0.2) is 54.6 Å². The predicted molar refractivity (Wildman–Crippen MR) is 91.1 cm³/mol. The van der Waals surface area contributed by atoms with Crippen LogP contribution in [0.1, 0.15) is 17.4 Å². The van der Waals surface area contributed by atoms with Gasteiger partial charge in [-0.25, -0.2) is 4.68 Å². The van der Waals surface area contributed by atoms with Crippen molar-refractivity contribution in [2.75, 3.05) is 19.0 Å². The van der Waals surface area contributed by atoms with Gasteiger partial charge >= 0.3 is 0 Å². The van der Waals surface area contributed by atoms with E-state index in [1.54, 1.807) is 4.68 Å². The second-order valence-electron chi connectivity index (χ2n) is 5.53. The van der Waals surface area contributed by atoms with E-state index in [0.29, 0.717) is 5.69 Å². The first-order valence-corrected chi connectivity index (χ1v) is 7.38. The van der Waals surface area contributed by atoms with Gasteiger partial charge in [0.1, 0.15) is 5.69 Å². The van der Waals surface area contributed by atoms with Crippen LogP contribution < -0.4 is 4.90 Å². The lowest BCUT2D eigenvalue weighted by Gasteiger charge is -2.13. The Hall–Kier alpha value is -2.95. The molecule has 3 aromatic rings. The Morgan fingerprint density at radius 3 is 2.22 bits per heavy atom. The van der Waals surface area contributed by atoms with Crippen molar-refractivity contribution in [3.8, 4) is 16.9 Å². The van der Waals surface area contributed by atoms with Crippen molar-refractivity contribution in [1.82, 2.24) is 15.0 Å². The van der Waals surface area contributed by atoms with E-state index in [0.717, 1.165) is 22.6 Å². The van der Waals surface area contributed by atoms with Gasteiger partial charge in [-0.1, -0.05) is 35.5 Å². The summed E-state index contributed by atoms with van der Waals surface area (Å²) in [6.07, 6.45) is 0. The second kappa shape index (κ2) is 6.04. The Balaban J connectivity index is 2.15. The minimum absolute atomic E-state index is 0.0972. The van der Waals surface area contributed by atoms with Crippen LogP contribution in [0.3, 0.4) is 0 Å². The van der Waals surface area contributed by atoms with E-state index in [4.69, 9.17) is 0 Å². The molecule has 0 saturated heterocycles. The van der Waals surface area contributed by atoms with Crippen molar-refractivity contribution in [3.63, 3.8) is 0 Å². The molecule has 0 bridgehead atoms. The summed E-state index contributed by atoms with van der Waals surface area (Å²) in [4.78, 5) is 13.9. The number of benzene rings is 2. The number of anilines is 1. The van der Waals surface area contributed by atoms with Crippen molar-refractivity contribution in [2.24, 2.45) is 0 Å². The molecular weight excluding hydrogens is 288 g/mol. The van der Waals surface area contributed by atoms with Crippen molar-refractivity contribution < 1.29 is 4.79 Å². The summed E-state index contributed by atoms with van der Waals surface area (Å²) in [5.74, 6) is -0.0972. The van der Waals surface area contributed by atoms with E-state index in [1.807, 2.05) is 73.6 Å². The fourth-order valence-corrected chi connectivity index (χ4v) is 2.45. The molecule has 0 amide bonds. The molecule has 0 saturated carbocycles. The minimum atomic E-state index is -0.0972. The van der Waals surface area contributed by atoms with E-state index in [9.17, 15) is 4.79 Å². The summed E-state index contributed by atoms with van der Waals surface area (Å²) < 4.78 is 1.71. The van der Waals surface area contributed by atoms with Gasteiger partial charge in [0.25, 0.3) is 0 Å². The lowest BCUT2D eigenvalue weighted by atomic mass is 10.1. The minimum Gasteiger partial charge on any atom is -0.378 e. The van der Waals surface area contributed by atoms with Crippen molar-refractivity contribution in [3.05, 3.63) is 60.3 Å². The molecule has 1 heterocycles. The van der Waals surface area contributed by atoms with Crippen LogP contribution in [0.4, 0.5) is 5.69 Å². The SMILES string of the molecule is CC(=O)c1nnn(-c2ccc(N(C)C)cc2)c1-c1ccccc1. The van der Waals surface area contributed by atoms with Crippen LogP contribution in [0.25, 0.3) is 16.9 Å². The Kier molecular flexibility index (Phi) is 3.93. The number of aromatic nitrogens is 3. The summed E-state index contributed by atoms with van der Waals surface area (Å²) in [6.45, 7) is 1.51. The fraction of sp³-hybridized carbons (Fsp3) is 0.167. The smallest absolute Gasteiger partial charge is 0.182 e.